The second-order valence-corrected chi connectivity index (χ2v) is 4.62. The summed E-state index contributed by atoms with van der Waals surface area (Å²) in [5, 5.41) is 0. The first-order valence-corrected chi connectivity index (χ1v) is 5.58. The number of rotatable bonds is 4. The predicted octanol–water partition coefficient (Wildman–Crippen LogP) is 3.63. The standard InChI is InChI=1S/C10H11O2P/c1-3-13(11,4-2)12-10-8-6-5-7-9-10/h3-9H,1-2H2. The lowest BCUT2D eigenvalue weighted by atomic mass is 10.3. The Morgan fingerprint density at radius 1 is 1.15 bits per heavy atom. The number of benzene rings is 1. The van der Waals surface area contributed by atoms with Crippen LogP contribution in [0.5, 0.6) is 5.75 Å². The highest BCUT2D eigenvalue weighted by molar-refractivity contribution is 7.65. The largest absolute Gasteiger partial charge is 0.438 e. The molecule has 0 bridgehead atoms. The first kappa shape index (κ1) is 9.82. The lowest BCUT2D eigenvalue weighted by molar-refractivity contribution is 0.501. The maximum Gasteiger partial charge on any atom is 0.291 e. The summed E-state index contributed by atoms with van der Waals surface area (Å²) >= 11 is 0. The molecule has 0 aliphatic rings. The predicted molar refractivity (Wildman–Crippen MR) is 55.1 cm³/mol. The van der Waals surface area contributed by atoms with Crippen LogP contribution < -0.4 is 4.52 Å². The van der Waals surface area contributed by atoms with Crippen molar-refractivity contribution in [1.29, 1.82) is 0 Å². The van der Waals surface area contributed by atoms with E-state index < -0.39 is 7.37 Å². The van der Waals surface area contributed by atoms with Crippen LogP contribution in [0.25, 0.3) is 0 Å². The summed E-state index contributed by atoms with van der Waals surface area (Å²) in [5.74, 6) is 3.13. The molecule has 0 N–H and O–H groups in total. The van der Waals surface area contributed by atoms with Crippen LogP contribution in [-0.2, 0) is 4.57 Å². The van der Waals surface area contributed by atoms with Crippen molar-refractivity contribution < 1.29 is 9.09 Å². The van der Waals surface area contributed by atoms with Crippen LogP contribution in [-0.4, -0.2) is 0 Å². The summed E-state index contributed by atoms with van der Waals surface area (Å²) in [6, 6.07) is 8.95. The van der Waals surface area contributed by atoms with Gasteiger partial charge in [-0.2, -0.15) is 0 Å². The molecule has 3 heteroatoms. The number of hydrogen-bond acceptors (Lipinski definition) is 2. The summed E-state index contributed by atoms with van der Waals surface area (Å²) < 4.78 is 16.9. The smallest absolute Gasteiger partial charge is 0.291 e. The van der Waals surface area contributed by atoms with Gasteiger partial charge < -0.3 is 4.52 Å². The van der Waals surface area contributed by atoms with Crippen LogP contribution in [0, 0.1) is 0 Å². The maximum atomic E-state index is 11.7. The van der Waals surface area contributed by atoms with Crippen molar-refractivity contribution in [3.8, 4) is 5.75 Å². The molecule has 0 unspecified atom stereocenters. The second kappa shape index (κ2) is 4.11. The molecule has 2 nitrogen and oxygen atoms in total. The molecule has 0 heterocycles. The van der Waals surface area contributed by atoms with Crippen molar-refractivity contribution in [1.82, 2.24) is 0 Å². The van der Waals surface area contributed by atoms with Gasteiger partial charge >= 0.3 is 0 Å². The van der Waals surface area contributed by atoms with Crippen molar-refractivity contribution in [3.63, 3.8) is 0 Å². The first-order chi connectivity index (χ1) is 6.20. The summed E-state index contributed by atoms with van der Waals surface area (Å²) in [4.78, 5) is 0. The molecule has 0 aliphatic heterocycles. The Hall–Kier alpha value is -1.27. The van der Waals surface area contributed by atoms with Gasteiger partial charge in [0, 0.05) is 11.6 Å². The molecule has 0 aromatic heterocycles. The van der Waals surface area contributed by atoms with Gasteiger partial charge in [0.05, 0.1) is 0 Å². The van der Waals surface area contributed by atoms with Gasteiger partial charge in [0.25, 0.3) is 7.37 Å². The van der Waals surface area contributed by atoms with Gasteiger partial charge in [0.2, 0.25) is 0 Å². The topological polar surface area (TPSA) is 26.3 Å². The van der Waals surface area contributed by atoms with Crippen LogP contribution in [0.1, 0.15) is 0 Å². The Morgan fingerprint density at radius 2 is 1.69 bits per heavy atom. The van der Waals surface area contributed by atoms with Crippen LogP contribution in [0.15, 0.2) is 55.1 Å². The van der Waals surface area contributed by atoms with Crippen molar-refractivity contribution in [2.24, 2.45) is 0 Å². The highest BCUT2D eigenvalue weighted by Gasteiger charge is 2.13. The van der Waals surface area contributed by atoms with Crippen LogP contribution in [0.4, 0.5) is 0 Å². The highest BCUT2D eigenvalue weighted by atomic mass is 31.2. The third-order valence-corrected chi connectivity index (χ3v) is 3.01. The molecular formula is C10H11O2P. The third-order valence-electron chi connectivity index (χ3n) is 1.50. The molecule has 1 aromatic rings. The van der Waals surface area contributed by atoms with Crippen LogP contribution in [0.3, 0.4) is 0 Å². The average Bonchev–Trinajstić information content (AvgIpc) is 2.19. The van der Waals surface area contributed by atoms with E-state index >= 15 is 0 Å². The van der Waals surface area contributed by atoms with Crippen molar-refractivity contribution in [2.75, 3.05) is 0 Å². The fourth-order valence-corrected chi connectivity index (χ4v) is 1.54. The van der Waals surface area contributed by atoms with E-state index in [-0.39, 0.29) is 0 Å². The monoisotopic (exact) mass is 194 g/mol. The minimum absolute atomic E-state index is 0.561. The lowest BCUT2D eigenvalue weighted by Crippen LogP contribution is -1.85. The summed E-state index contributed by atoms with van der Waals surface area (Å²) in [7, 11) is -2.88. The van der Waals surface area contributed by atoms with E-state index in [9.17, 15) is 4.57 Å². The molecule has 1 rings (SSSR count). The molecule has 0 saturated heterocycles. The minimum Gasteiger partial charge on any atom is -0.438 e. The molecule has 1 aromatic carbocycles. The molecule has 0 atom stereocenters. The maximum absolute atomic E-state index is 11.7. The molecule has 0 spiro atoms. The quantitative estimate of drug-likeness (QED) is 0.684. The molecule has 0 radical (unpaired) electrons. The van der Waals surface area contributed by atoms with E-state index in [4.69, 9.17) is 4.52 Å². The molecule has 0 aliphatic carbocycles. The van der Waals surface area contributed by atoms with Crippen molar-refractivity contribution in [3.05, 3.63) is 55.1 Å². The van der Waals surface area contributed by atoms with E-state index in [0.29, 0.717) is 5.75 Å². The van der Waals surface area contributed by atoms with Gasteiger partial charge in [0.15, 0.2) is 0 Å². The fourth-order valence-electron chi connectivity index (χ4n) is 0.795. The molecule has 13 heavy (non-hydrogen) atoms. The van der Waals surface area contributed by atoms with Gasteiger partial charge in [-0.05, 0) is 12.1 Å². The van der Waals surface area contributed by atoms with E-state index in [1.807, 2.05) is 18.2 Å². The van der Waals surface area contributed by atoms with E-state index in [1.54, 1.807) is 12.1 Å². The molecule has 0 saturated carbocycles. The van der Waals surface area contributed by atoms with Gasteiger partial charge in [-0.25, -0.2) is 0 Å². The molecular weight excluding hydrogens is 183 g/mol. The van der Waals surface area contributed by atoms with Crippen molar-refractivity contribution in [2.45, 2.75) is 0 Å². The normalized spacial score (nSPS) is 10.5. The SMILES string of the molecule is C=CP(=O)(C=C)Oc1ccccc1. The Kier molecular flexibility index (Phi) is 3.10. The molecule has 68 valence electrons. The Bertz CT molecular complexity index is 331. The Labute approximate surface area is 78.0 Å². The molecule has 0 amide bonds. The summed E-state index contributed by atoms with van der Waals surface area (Å²) in [5.41, 5.74) is 0. The number of hydrogen-bond donors (Lipinski definition) is 0. The first-order valence-electron chi connectivity index (χ1n) is 3.81. The van der Waals surface area contributed by atoms with Gasteiger partial charge in [0.1, 0.15) is 5.75 Å². The zero-order chi connectivity index (χ0) is 9.73. The lowest BCUT2D eigenvalue weighted by Gasteiger charge is -2.10. The van der Waals surface area contributed by atoms with E-state index in [1.165, 1.54) is 11.6 Å². The van der Waals surface area contributed by atoms with E-state index in [0.717, 1.165) is 0 Å². The van der Waals surface area contributed by atoms with Crippen molar-refractivity contribution >= 4 is 7.37 Å². The fraction of sp³-hybridized carbons (Fsp3) is 0. The van der Waals surface area contributed by atoms with Gasteiger partial charge in [-0.3, -0.25) is 4.57 Å². The summed E-state index contributed by atoms with van der Waals surface area (Å²) in [6.45, 7) is 6.88. The van der Waals surface area contributed by atoms with Gasteiger partial charge in [-0.15, -0.1) is 0 Å². The Morgan fingerprint density at radius 3 is 2.15 bits per heavy atom. The second-order valence-electron chi connectivity index (χ2n) is 2.41. The minimum atomic E-state index is -2.88. The van der Waals surface area contributed by atoms with E-state index in [2.05, 4.69) is 13.2 Å². The third kappa shape index (κ3) is 2.60. The summed E-state index contributed by atoms with van der Waals surface area (Å²) in [6.07, 6.45) is 0. The highest BCUT2D eigenvalue weighted by Crippen LogP contribution is 2.48. The van der Waals surface area contributed by atoms with Crippen LogP contribution in [0.2, 0.25) is 0 Å². The zero-order valence-corrected chi connectivity index (χ0v) is 8.11. The Balaban J connectivity index is 2.86. The van der Waals surface area contributed by atoms with Gasteiger partial charge in [-0.1, -0.05) is 31.4 Å². The molecule has 0 fully saturated rings. The van der Waals surface area contributed by atoms with Crippen LogP contribution >= 0.6 is 7.37 Å². The average molecular weight is 194 g/mol. The number of para-hydroxylation sites is 1. The zero-order valence-electron chi connectivity index (χ0n) is 7.22.